The monoisotopic (exact) mass is 403 g/mol. The van der Waals surface area contributed by atoms with Gasteiger partial charge in [-0.15, -0.1) is 0 Å². The molecule has 0 aromatic heterocycles. The van der Waals surface area contributed by atoms with Gasteiger partial charge in [0.05, 0.1) is 12.3 Å². The zero-order valence-electron chi connectivity index (χ0n) is 16.4. The van der Waals surface area contributed by atoms with E-state index in [4.69, 9.17) is 0 Å². The predicted octanol–water partition coefficient (Wildman–Crippen LogP) is 2.71. The number of alkyl halides is 3. The van der Waals surface area contributed by atoms with Crippen molar-refractivity contribution in [2.75, 3.05) is 32.7 Å². The number of hydrogen-bond acceptors (Lipinski definition) is 4. The number of aliphatic carboxylic acids is 1. The van der Waals surface area contributed by atoms with Crippen LogP contribution in [0.3, 0.4) is 0 Å². The Morgan fingerprint density at radius 3 is 2.43 bits per heavy atom. The SMILES string of the molecule is O=C(O)C1CNC2(C1)CC(N1CCC(C3CCCN3CCC(F)(F)F)CC1)C2. The molecule has 3 aliphatic heterocycles. The molecule has 160 valence electrons. The fraction of sp³-hybridized carbons (Fsp3) is 0.950. The molecule has 1 saturated carbocycles. The number of piperidine rings is 1. The van der Waals surface area contributed by atoms with Gasteiger partial charge in [-0.1, -0.05) is 0 Å². The zero-order chi connectivity index (χ0) is 19.9. The van der Waals surface area contributed by atoms with Crippen LogP contribution in [0.5, 0.6) is 0 Å². The molecule has 3 saturated heterocycles. The fourth-order valence-electron chi connectivity index (χ4n) is 6.14. The molecule has 4 aliphatic rings. The molecule has 0 aromatic rings. The lowest BCUT2D eigenvalue weighted by molar-refractivity contribution is -0.141. The van der Waals surface area contributed by atoms with Crippen molar-refractivity contribution < 1.29 is 23.1 Å². The molecule has 4 rings (SSSR count). The Bertz CT molecular complexity index is 572. The number of carboxylic acids is 1. The van der Waals surface area contributed by atoms with Crippen molar-refractivity contribution in [2.24, 2.45) is 11.8 Å². The van der Waals surface area contributed by atoms with Crippen LogP contribution in [0.4, 0.5) is 13.2 Å². The molecule has 4 fully saturated rings. The van der Waals surface area contributed by atoms with Crippen molar-refractivity contribution in [3.05, 3.63) is 0 Å². The van der Waals surface area contributed by atoms with Crippen molar-refractivity contribution in [3.8, 4) is 0 Å². The summed E-state index contributed by atoms with van der Waals surface area (Å²) in [6.45, 7) is 3.59. The van der Waals surface area contributed by atoms with Gasteiger partial charge in [-0.2, -0.15) is 13.2 Å². The first-order valence-electron chi connectivity index (χ1n) is 10.8. The maximum absolute atomic E-state index is 12.6. The smallest absolute Gasteiger partial charge is 0.390 e. The number of carboxylic acid groups (broad SMARTS) is 1. The molecule has 2 N–H and O–H groups in total. The van der Waals surface area contributed by atoms with E-state index < -0.39 is 18.6 Å². The number of halogens is 3. The first-order chi connectivity index (χ1) is 13.2. The highest BCUT2D eigenvalue weighted by molar-refractivity contribution is 5.71. The largest absolute Gasteiger partial charge is 0.481 e. The summed E-state index contributed by atoms with van der Waals surface area (Å²) >= 11 is 0. The van der Waals surface area contributed by atoms with E-state index in [0.717, 1.165) is 64.6 Å². The molecule has 8 heteroatoms. The van der Waals surface area contributed by atoms with E-state index in [-0.39, 0.29) is 18.0 Å². The number of nitrogens with one attached hydrogen (secondary N) is 1. The molecular weight excluding hydrogens is 371 g/mol. The molecule has 1 spiro atoms. The van der Waals surface area contributed by atoms with Gasteiger partial charge in [0, 0.05) is 30.7 Å². The van der Waals surface area contributed by atoms with Crippen LogP contribution in [0, 0.1) is 11.8 Å². The number of rotatable bonds is 5. The second kappa shape index (κ2) is 7.76. The van der Waals surface area contributed by atoms with E-state index in [1.165, 1.54) is 0 Å². The lowest BCUT2D eigenvalue weighted by atomic mass is 9.69. The zero-order valence-corrected chi connectivity index (χ0v) is 16.4. The first kappa shape index (κ1) is 20.4. The van der Waals surface area contributed by atoms with Gasteiger partial charge in [0.2, 0.25) is 0 Å². The topological polar surface area (TPSA) is 55.8 Å². The van der Waals surface area contributed by atoms with E-state index in [2.05, 4.69) is 15.1 Å². The van der Waals surface area contributed by atoms with Crippen LogP contribution in [-0.4, -0.2) is 77.4 Å². The van der Waals surface area contributed by atoms with Crippen LogP contribution in [0.15, 0.2) is 0 Å². The van der Waals surface area contributed by atoms with Gasteiger partial charge in [-0.05, 0) is 70.5 Å². The average Bonchev–Trinajstić information content (AvgIpc) is 3.25. The summed E-state index contributed by atoms with van der Waals surface area (Å²) < 4.78 is 37.8. The van der Waals surface area contributed by atoms with Crippen molar-refractivity contribution in [1.29, 1.82) is 0 Å². The minimum absolute atomic E-state index is 0.0322. The van der Waals surface area contributed by atoms with Gasteiger partial charge in [0.1, 0.15) is 0 Å². The lowest BCUT2D eigenvalue weighted by Crippen LogP contribution is -2.61. The van der Waals surface area contributed by atoms with Crippen molar-refractivity contribution in [1.82, 2.24) is 15.1 Å². The summed E-state index contributed by atoms with van der Waals surface area (Å²) in [6.07, 6.45) is 2.24. The van der Waals surface area contributed by atoms with Gasteiger partial charge in [-0.3, -0.25) is 9.69 Å². The fourth-order valence-corrected chi connectivity index (χ4v) is 6.14. The Balaban J connectivity index is 1.22. The van der Waals surface area contributed by atoms with Crippen LogP contribution in [0.1, 0.15) is 51.4 Å². The molecule has 5 nitrogen and oxygen atoms in total. The summed E-state index contributed by atoms with van der Waals surface area (Å²) in [6, 6.07) is 0.857. The second-order valence-corrected chi connectivity index (χ2v) is 9.45. The Hall–Kier alpha value is -0.860. The van der Waals surface area contributed by atoms with Crippen LogP contribution in [0.25, 0.3) is 0 Å². The van der Waals surface area contributed by atoms with Gasteiger partial charge in [0.25, 0.3) is 0 Å². The van der Waals surface area contributed by atoms with Crippen LogP contribution in [0.2, 0.25) is 0 Å². The summed E-state index contributed by atoms with van der Waals surface area (Å²) in [5.41, 5.74) is 0.0322. The third-order valence-electron chi connectivity index (χ3n) is 7.69. The van der Waals surface area contributed by atoms with E-state index in [1.807, 2.05) is 0 Å². The van der Waals surface area contributed by atoms with Crippen LogP contribution in [-0.2, 0) is 4.79 Å². The number of nitrogens with zero attached hydrogens (tertiary/aromatic N) is 2. The molecule has 0 aromatic carbocycles. The minimum Gasteiger partial charge on any atom is -0.481 e. The van der Waals surface area contributed by atoms with Crippen LogP contribution < -0.4 is 5.32 Å². The first-order valence-corrected chi connectivity index (χ1v) is 10.8. The molecule has 1 aliphatic carbocycles. The maximum atomic E-state index is 12.6. The molecule has 0 amide bonds. The number of likely N-dealkylation sites (tertiary alicyclic amines) is 2. The van der Waals surface area contributed by atoms with E-state index in [0.29, 0.717) is 24.5 Å². The molecule has 0 radical (unpaired) electrons. The minimum atomic E-state index is -4.06. The maximum Gasteiger partial charge on any atom is 0.390 e. The molecule has 28 heavy (non-hydrogen) atoms. The Kier molecular flexibility index (Phi) is 5.66. The summed E-state index contributed by atoms with van der Waals surface area (Å²) in [5.74, 6) is -0.431. The van der Waals surface area contributed by atoms with Crippen molar-refractivity contribution >= 4 is 5.97 Å². The molecule has 2 atom stereocenters. The standard InChI is InChI=1S/C20H32F3N3O2/c21-20(22,23)5-9-26-6-1-2-17(26)14-3-7-25(8-4-14)16-11-19(12-16)10-15(13-24-19)18(27)28/h14-17,24H,1-13H2,(H,27,28). The van der Waals surface area contributed by atoms with Crippen LogP contribution >= 0.6 is 0 Å². The summed E-state index contributed by atoms with van der Waals surface area (Å²) in [5, 5.41) is 12.6. The Morgan fingerprint density at radius 1 is 1.11 bits per heavy atom. The van der Waals surface area contributed by atoms with Gasteiger partial charge >= 0.3 is 12.1 Å². The highest BCUT2D eigenvalue weighted by Crippen LogP contribution is 2.45. The number of carbonyl (C=O) groups is 1. The van der Waals surface area contributed by atoms with E-state index in [9.17, 15) is 23.1 Å². The molecule has 2 unspecified atom stereocenters. The van der Waals surface area contributed by atoms with Gasteiger partial charge < -0.3 is 15.3 Å². The van der Waals surface area contributed by atoms with E-state index in [1.54, 1.807) is 0 Å². The lowest BCUT2D eigenvalue weighted by Gasteiger charge is -2.52. The third-order valence-corrected chi connectivity index (χ3v) is 7.69. The van der Waals surface area contributed by atoms with Crippen molar-refractivity contribution in [2.45, 2.75) is 75.2 Å². The summed E-state index contributed by atoms with van der Waals surface area (Å²) in [4.78, 5) is 15.8. The van der Waals surface area contributed by atoms with Gasteiger partial charge in [-0.25, -0.2) is 0 Å². The van der Waals surface area contributed by atoms with E-state index >= 15 is 0 Å². The average molecular weight is 403 g/mol. The molecule has 3 heterocycles. The normalized spacial score (nSPS) is 38.2. The highest BCUT2D eigenvalue weighted by Gasteiger charge is 2.52. The summed E-state index contributed by atoms with van der Waals surface area (Å²) in [7, 11) is 0. The third kappa shape index (κ3) is 4.33. The second-order valence-electron chi connectivity index (χ2n) is 9.45. The van der Waals surface area contributed by atoms with Gasteiger partial charge in [0.15, 0.2) is 0 Å². The Labute approximate surface area is 164 Å². The highest BCUT2D eigenvalue weighted by atomic mass is 19.4. The van der Waals surface area contributed by atoms with Crippen molar-refractivity contribution in [3.63, 3.8) is 0 Å². The molecular formula is C20H32F3N3O2. The molecule has 0 bridgehead atoms. The quantitative estimate of drug-likeness (QED) is 0.739. The number of hydrogen-bond donors (Lipinski definition) is 2. The Morgan fingerprint density at radius 2 is 1.82 bits per heavy atom. The predicted molar refractivity (Wildman–Crippen MR) is 99.1 cm³/mol.